The van der Waals surface area contributed by atoms with Crippen LogP contribution in [0.3, 0.4) is 0 Å². The Labute approximate surface area is 207 Å². The third-order valence-corrected chi connectivity index (χ3v) is 7.56. The molecule has 10 heteroatoms. The Balaban J connectivity index is 2.44. The number of nitrogens with one attached hydrogen (secondary N) is 1. The van der Waals surface area contributed by atoms with Crippen LogP contribution >= 0.6 is 0 Å². The van der Waals surface area contributed by atoms with E-state index in [1.165, 1.54) is 31.1 Å². The lowest BCUT2D eigenvalue weighted by atomic mass is 10.1. The summed E-state index contributed by atoms with van der Waals surface area (Å²) in [6, 6.07) is 11.5. The zero-order valence-corrected chi connectivity index (χ0v) is 22.0. The average Bonchev–Trinajstić information content (AvgIpc) is 2.80. The topological polar surface area (TPSA) is 90.0 Å². The average molecular weight is 507 g/mol. The number of carbonyl (C=O) groups is 2. The first-order chi connectivity index (χ1) is 16.4. The monoisotopic (exact) mass is 506 g/mol. The fourth-order valence-electron chi connectivity index (χ4n) is 3.38. The van der Waals surface area contributed by atoms with E-state index in [1.807, 2.05) is 45.0 Å². The van der Waals surface area contributed by atoms with Crippen molar-refractivity contribution in [2.45, 2.75) is 52.7 Å². The predicted octanol–water partition coefficient (Wildman–Crippen LogP) is 3.08. The van der Waals surface area contributed by atoms with Gasteiger partial charge in [-0.1, -0.05) is 36.8 Å². The van der Waals surface area contributed by atoms with Crippen molar-refractivity contribution in [3.8, 4) is 0 Å². The molecule has 0 heterocycles. The van der Waals surface area contributed by atoms with E-state index in [0.29, 0.717) is 0 Å². The maximum absolute atomic E-state index is 13.6. The number of nitrogens with zero attached hydrogens (tertiary/aromatic N) is 3. The Bertz CT molecular complexity index is 1120. The summed E-state index contributed by atoms with van der Waals surface area (Å²) in [4.78, 5) is 27.9. The number of aryl methyl sites for hydroxylation is 1. The van der Waals surface area contributed by atoms with Gasteiger partial charge in [0.15, 0.2) is 0 Å². The second-order valence-electron chi connectivity index (χ2n) is 8.78. The molecule has 0 aliphatic heterocycles. The molecular formula is C25H35FN4O4S. The number of hydrogen-bond donors (Lipinski definition) is 1. The smallest absolute Gasteiger partial charge is 0.304 e. The van der Waals surface area contributed by atoms with Crippen LogP contribution in [0.1, 0.15) is 38.3 Å². The van der Waals surface area contributed by atoms with Crippen molar-refractivity contribution in [3.63, 3.8) is 0 Å². The van der Waals surface area contributed by atoms with Crippen LogP contribution in [-0.4, -0.2) is 62.2 Å². The first-order valence-electron chi connectivity index (χ1n) is 11.5. The minimum atomic E-state index is -4.09. The van der Waals surface area contributed by atoms with Crippen LogP contribution in [0.25, 0.3) is 0 Å². The van der Waals surface area contributed by atoms with Crippen LogP contribution in [0.2, 0.25) is 0 Å². The van der Waals surface area contributed by atoms with Gasteiger partial charge in [0.1, 0.15) is 18.4 Å². The molecule has 2 atom stereocenters. The lowest BCUT2D eigenvalue weighted by Gasteiger charge is -2.33. The molecule has 1 N–H and O–H groups in total. The number of hydrogen-bond acceptors (Lipinski definition) is 4. The van der Waals surface area contributed by atoms with Crippen molar-refractivity contribution in [1.82, 2.24) is 14.5 Å². The SMILES string of the molecule is CC[C@@H](C)NC(=O)[C@@H](C)N(Cc1cccc(C)c1)C(=O)CN(c1ccc(F)cc1)S(=O)(=O)N(C)C. The summed E-state index contributed by atoms with van der Waals surface area (Å²) in [5, 5.41) is 2.89. The van der Waals surface area contributed by atoms with Gasteiger partial charge in [-0.25, -0.2) is 8.70 Å². The quantitative estimate of drug-likeness (QED) is 0.507. The summed E-state index contributed by atoms with van der Waals surface area (Å²) in [6.07, 6.45) is 0.726. The standard InChI is InChI=1S/C25H35FN4O4S/c1-7-19(3)27-25(32)20(4)29(16-21-10-8-9-18(2)15-21)24(31)17-30(35(33,34)28(5)6)23-13-11-22(26)12-14-23/h8-15,19-20H,7,16-17H2,1-6H3,(H,27,32)/t19-,20-/m1/s1. The van der Waals surface area contributed by atoms with Crippen molar-refractivity contribution in [1.29, 1.82) is 0 Å². The van der Waals surface area contributed by atoms with Gasteiger partial charge in [-0.2, -0.15) is 12.7 Å². The molecule has 0 aromatic heterocycles. The van der Waals surface area contributed by atoms with Crippen LogP contribution in [0, 0.1) is 12.7 Å². The molecule has 2 amide bonds. The van der Waals surface area contributed by atoms with Gasteiger partial charge in [0, 0.05) is 26.7 Å². The molecule has 0 spiro atoms. The minimum Gasteiger partial charge on any atom is -0.352 e. The molecule has 0 radical (unpaired) electrons. The Kier molecular flexibility index (Phi) is 9.79. The van der Waals surface area contributed by atoms with E-state index in [0.717, 1.165) is 38.3 Å². The van der Waals surface area contributed by atoms with Crippen LogP contribution in [-0.2, 0) is 26.3 Å². The van der Waals surface area contributed by atoms with Gasteiger partial charge >= 0.3 is 10.2 Å². The molecule has 2 aromatic carbocycles. The van der Waals surface area contributed by atoms with E-state index in [2.05, 4.69) is 5.32 Å². The maximum atomic E-state index is 13.6. The van der Waals surface area contributed by atoms with Crippen molar-refractivity contribution in [2.24, 2.45) is 0 Å². The highest BCUT2D eigenvalue weighted by molar-refractivity contribution is 7.90. The predicted molar refractivity (Wildman–Crippen MR) is 135 cm³/mol. The fourth-order valence-corrected chi connectivity index (χ4v) is 4.44. The molecule has 2 rings (SSSR count). The van der Waals surface area contributed by atoms with Crippen LogP contribution < -0.4 is 9.62 Å². The van der Waals surface area contributed by atoms with E-state index >= 15 is 0 Å². The Morgan fingerprint density at radius 2 is 1.69 bits per heavy atom. The molecule has 0 unspecified atom stereocenters. The molecule has 0 aliphatic carbocycles. The minimum absolute atomic E-state index is 0.0781. The summed E-state index contributed by atoms with van der Waals surface area (Å²) in [6.45, 7) is 6.92. The van der Waals surface area contributed by atoms with Gasteiger partial charge in [0.05, 0.1) is 5.69 Å². The highest BCUT2D eigenvalue weighted by atomic mass is 32.2. The zero-order chi connectivity index (χ0) is 26.3. The molecule has 0 aliphatic rings. The van der Waals surface area contributed by atoms with Crippen molar-refractivity contribution in [3.05, 3.63) is 65.5 Å². The van der Waals surface area contributed by atoms with Gasteiger partial charge in [-0.05, 0) is 57.0 Å². The molecule has 0 bridgehead atoms. The number of amides is 2. The van der Waals surface area contributed by atoms with E-state index in [1.54, 1.807) is 6.92 Å². The molecule has 35 heavy (non-hydrogen) atoms. The Morgan fingerprint density at radius 3 is 2.23 bits per heavy atom. The number of anilines is 1. The Hall–Kier alpha value is -2.98. The first-order valence-corrected chi connectivity index (χ1v) is 12.9. The highest BCUT2D eigenvalue weighted by Crippen LogP contribution is 2.21. The van der Waals surface area contributed by atoms with E-state index in [-0.39, 0.29) is 24.2 Å². The summed E-state index contributed by atoms with van der Waals surface area (Å²) in [7, 11) is -1.39. The largest absolute Gasteiger partial charge is 0.352 e. The number of rotatable bonds is 11. The number of carbonyl (C=O) groups excluding carboxylic acids is 2. The Morgan fingerprint density at radius 1 is 1.06 bits per heavy atom. The van der Waals surface area contributed by atoms with Gasteiger partial charge in [-0.15, -0.1) is 0 Å². The van der Waals surface area contributed by atoms with E-state index in [4.69, 9.17) is 0 Å². The van der Waals surface area contributed by atoms with Crippen molar-refractivity contribution in [2.75, 3.05) is 24.9 Å². The lowest BCUT2D eigenvalue weighted by molar-refractivity contribution is -0.139. The maximum Gasteiger partial charge on any atom is 0.304 e. The first kappa shape index (κ1) is 28.3. The fraction of sp³-hybridized carbons (Fsp3) is 0.440. The van der Waals surface area contributed by atoms with E-state index in [9.17, 15) is 22.4 Å². The molecule has 0 fully saturated rings. The van der Waals surface area contributed by atoms with Crippen molar-refractivity contribution < 1.29 is 22.4 Å². The van der Waals surface area contributed by atoms with Gasteiger partial charge in [-0.3, -0.25) is 9.59 Å². The molecule has 2 aromatic rings. The molecular weight excluding hydrogens is 471 g/mol. The number of halogens is 1. The van der Waals surface area contributed by atoms with Gasteiger partial charge in [0.25, 0.3) is 0 Å². The lowest BCUT2D eigenvalue weighted by Crippen LogP contribution is -2.53. The second kappa shape index (κ2) is 12.1. The molecule has 0 saturated carbocycles. The molecule has 8 nitrogen and oxygen atoms in total. The van der Waals surface area contributed by atoms with E-state index < -0.39 is 34.5 Å². The van der Waals surface area contributed by atoms with Crippen LogP contribution in [0.5, 0.6) is 0 Å². The summed E-state index contributed by atoms with van der Waals surface area (Å²) >= 11 is 0. The van der Waals surface area contributed by atoms with Crippen molar-refractivity contribution >= 4 is 27.7 Å². The van der Waals surface area contributed by atoms with Gasteiger partial charge < -0.3 is 10.2 Å². The van der Waals surface area contributed by atoms with Gasteiger partial charge in [0.2, 0.25) is 11.8 Å². The third kappa shape index (κ3) is 7.50. The second-order valence-corrected chi connectivity index (χ2v) is 10.8. The normalized spacial score (nSPS) is 13.3. The highest BCUT2D eigenvalue weighted by Gasteiger charge is 2.32. The zero-order valence-electron chi connectivity index (χ0n) is 21.2. The van der Waals surface area contributed by atoms with Crippen LogP contribution in [0.4, 0.5) is 10.1 Å². The molecule has 0 saturated heterocycles. The summed E-state index contributed by atoms with van der Waals surface area (Å²) in [5.74, 6) is -1.42. The molecule has 192 valence electrons. The summed E-state index contributed by atoms with van der Waals surface area (Å²) in [5.41, 5.74) is 1.95. The number of benzene rings is 2. The third-order valence-electron chi connectivity index (χ3n) is 5.74. The summed E-state index contributed by atoms with van der Waals surface area (Å²) < 4.78 is 41.5. The van der Waals surface area contributed by atoms with Crippen LogP contribution in [0.15, 0.2) is 48.5 Å².